The van der Waals surface area contributed by atoms with E-state index in [9.17, 15) is 20.0 Å². The highest BCUT2D eigenvalue weighted by Gasteiger charge is 2.31. The first-order valence-electron chi connectivity index (χ1n) is 5.29. The first kappa shape index (κ1) is 14.0. The predicted molar refractivity (Wildman–Crippen MR) is 64.8 cm³/mol. The van der Waals surface area contributed by atoms with Crippen LogP contribution in [0.2, 0.25) is 0 Å². The van der Waals surface area contributed by atoms with E-state index >= 15 is 0 Å². The van der Waals surface area contributed by atoms with Gasteiger partial charge in [0.05, 0.1) is 12.0 Å². The number of phenols is 1. The number of aromatic hydroxyl groups is 1. The summed E-state index contributed by atoms with van der Waals surface area (Å²) < 4.78 is 4.45. The van der Waals surface area contributed by atoms with Crippen molar-refractivity contribution >= 4 is 11.7 Å². The summed E-state index contributed by atoms with van der Waals surface area (Å²) in [5.74, 6) is -1.34. The highest BCUT2D eigenvalue weighted by atomic mass is 16.6. The Morgan fingerprint density at radius 3 is 2.33 bits per heavy atom. The first-order valence-corrected chi connectivity index (χ1v) is 5.29. The van der Waals surface area contributed by atoms with Crippen LogP contribution in [0.25, 0.3) is 0 Å². The number of carbonyl (C=O) groups is 1. The van der Waals surface area contributed by atoms with E-state index in [0.717, 1.165) is 7.11 Å². The van der Waals surface area contributed by atoms with Gasteiger partial charge < -0.3 is 9.84 Å². The van der Waals surface area contributed by atoms with Gasteiger partial charge in [-0.05, 0) is 11.5 Å². The summed E-state index contributed by atoms with van der Waals surface area (Å²) in [5.41, 5.74) is -0.937. The minimum Gasteiger partial charge on any atom is -0.502 e. The van der Waals surface area contributed by atoms with Crippen LogP contribution in [-0.4, -0.2) is 23.1 Å². The summed E-state index contributed by atoms with van der Waals surface area (Å²) >= 11 is 0. The van der Waals surface area contributed by atoms with Crippen LogP contribution in [0.15, 0.2) is 12.1 Å². The second-order valence-electron chi connectivity index (χ2n) is 4.86. The van der Waals surface area contributed by atoms with Gasteiger partial charge >= 0.3 is 11.7 Å². The highest BCUT2D eigenvalue weighted by Crippen LogP contribution is 2.39. The third-order valence-corrected chi connectivity index (χ3v) is 2.55. The van der Waals surface area contributed by atoms with Gasteiger partial charge in [0.15, 0.2) is 5.75 Å². The fourth-order valence-electron chi connectivity index (χ4n) is 1.64. The molecule has 0 aliphatic heterocycles. The van der Waals surface area contributed by atoms with Crippen LogP contribution < -0.4 is 0 Å². The third kappa shape index (κ3) is 2.42. The van der Waals surface area contributed by atoms with Crippen molar-refractivity contribution in [2.45, 2.75) is 26.2 Å². The highest BCUT2D eigenvalue weighted by molar-refractivity contribution is 5.95. The molecule has 0 radical (unpaired) electrons. The molecule has 1 aromatic rings. The lowest BCUT2D eigenvalue weighted by Gasteiger charge is -2.20. The molecule has 0 aromatic heterocycles. The van der Waals surface area contributed by atoms with E-state index in [0.29, 0.717) is 5.56 Å². The summed E-state index contributed by atoms with van der Waals surface area (Å²) in [7, 11) is 1.13. The summed E-state index contributed by atoms with van der Waals surface area (Å²) in [6.45, 7) is 5.43. The largest absolute Gasteiger partial charge is 0.502 e. The fraction of sp³-hybridized carbons (Fsp3) is 0.417. The van der Waals surface area contributed by atoms with Crippen LogP contribution in [0, 0.1) is 10.1 Å². The van der Waals surface area contributed by atoms with E-state index in [1.807, 2.05) is 20.8 Å². The zero-order chi connectivity index (χ0) is 14.1. The van der Waals surface area contributed by atoms with Crippen LogP contribution in [0.4, 0.5) is 5.69 Å². The Hall–Kier alpha value is -2.11. The summed E-state index contributed by atoms with van der Waals surface area (Å²) in [4.78, 5) is 21.6. The molecule has 98 valence electrons. The average Bonchev–Trinajstić information content (AvgIpc) is 2.25. The molecular weight excluding hydrogens is 238 g/mol. The monoisotopic (exact) mass is 253 g/mol. The Morgan fingerprint density at radius 1 is 1.39 bits per heavy atom. The van der Waals surface area contributed by atoms with Gasteiger partial charge in [0.2, 0.25) is 0 Å². The number of ether oxygens (including phenoxy) is 1. The molecule has 0 bridgehead atoms. The Balaban J connectivity index is 3.58. The number of rotatable bonds is 2. The number of benzene rings is 1. The molecule has 1 rings (SSSR count). The Morgan fingerprint density at radius 2 is 1.94 bits per heavy atom. The number of nitro benzene ring substituents is 1. The minimum absolute atomic E-state index is 0.256. The zero-order valence-corrected chi connectivity index (χ0v) is 10.7. The van der Waals surface area contributed by atoms with Crippen molar-refractivity contribution < 1.29 is 19.6 Å². The Bertz CT molecular complexity index is 502. The fourth-order valence-corrected chi connectivity index (χ4v) is 1.64. The van der Waals surface area contributed by atoms with Gasteiger partial charge in [-0.25, -0.2) is 4.79 Å². The van der Waals surface area contributed by atoms with Crippen LogP contribution in [0.1, 0.15) is 36.7 Å². The van der Waals surface area contributed by atoms with Crippen LogP contribution >= 0.6 is 0 Å². The van der Waals surface area contributed by atoms with E-state index in [-0.39, 0.29) is 5.56 Å². The third-order valence-electron chi connectivity index (χ3n) is 2.55. The molecule has 0 aliphatic carbocycles. The summed E-state index contributed by atoms with van der Waals surface area (Å²) in [6.07, 6.45) is 0. The molecule has 0 aliphatic rings. The van der Waals surface area contributed by atoms with Crippen molar-refractivity contribution in [3.8, 4) is 5.75 Å². The number of esters is 1. The van der Waals surface area contributed by atoms with Crippen molar-refractivity contribution in [3.05, 3.63) is 33.4 Å². The Labute approximate surface area is 104 Å². The second kappa shape index (κ2) is 4.64. The van der Waals surface area contributed by atoms with Crippen molar-refractivity contribution in [2.24, 2.45) is 0 Å². The number of methoxy groups -OCH3 is 1. The van der Waals surface area contributed by atoms with Gasteiger partial charge in [0.25, 0.3) is 0 Å². The number of nitrogens with zero attached hydrogens (tertiary/aromatic N) is 1. The van der Waals surface area contributed by atoms with Gasteiger partial charge in [-0.3, -0.25) is 10.1 Å². The number of phenolic OH excluding ortho intramolecular Hbond substituents is 1. The molecule has 0 amide bonds. The first-order chi connectivity index (χ1) is 8.20. The number of hydrogen-bond donors (Lipinski definition) is 1. The minimum atomic E-state index is -0.850. The number of carbonyl (C=O) groups excluding carboxylic acids is 1. The standard InChI is InChI=1S/C12H15NO5/c1-12(2,3)8-6-5-7(11(15)18-4)9(10(8)14)13(16)17/h5-6,14H,1-4H3. The zero-order valence-electron chi connectivity index (χ0n) is 10.7. The normalized spacial score (nSPS) is 11.1. The van der Waals surface area contributed by atoms with Crippen LogP contribution in [0.3, 0.4) is 0 Å². The molecule has 0 spiro atoms. The topological polar surface area (TPSA) is 89.7 Å². The lowest BCUT2D eigenvalue weighted by Crippen LogP contribution is -2.14. The van der Waals surface area contributed by atoms with Gasteiger partial charge in [-0.2, -0.15) is 0 Å². The summed E-state index contributed by atoms with van der Waals surface area (Å²) in [6, 6.07) is 2.79. The Kier molecular flexibility index (Phi) is 3.59. The van der Waals surface area contributed by atoms with Crippen LogP contribution in [-0.2, 0) is 10.2 Å². The molecule has 1 aromatic carbocycles. The molecule has 1 N–H and O–H groups in total. The van der Waals surface area contributed by atoms with Crippen molar-refractivity contribution in [2.75, 3.05) is 7.11 Å². The van der Waals surface area contributed by atoms with Crippen molar-refractivity contribution in [1.82, 2.24) is 0 Å². The second-order valence-corrected chi connectivity index (χ2v) is 4.86. The quantitative estimate of drug-likeness (QED) is 0.496. The molecular formula is C12H15NO5. The molecule has 0 atom stereocenters. The van der Waals surface area contributed by atoms with Gasteiger partial charge in [-0.1, -0.05) is 26.8 Å². The summed E-state index contributed by atoms with van der Waals surface area (Å²) in [5, 5.41) is 21.0. The SMILES string of the molecule is COC(=O)c1ccc(C(C)(C)C)c(O)c1[N+](=O)[O-]. The van der Waals surface area contributed by atoms with E-state index in [2.05, 4.69) is 4.74 Å². The molecule has 6 nitrogen and oxygen atoms in total. The lowest BCUT2D eigenvalue weighted by molar-refractivity contribution is -0.386. The van der Waals surface area contributed by atoms with Gasteiger partial charge in [0.1, 0.15) is 5.56 Å². The van der Waals surface area contributed by atoms with Gasteiger partial charge in [-0.15, -0.1) is 0 Å². The maximum atomic E-state index is 11.4. The van der Waals surface area contributed by atoms with Gasteiger partial charge in [0, 0.05) is 5.56 Å². The molecule has 0 unspecified atom stereocenters. The average molecular weight is 253 g/mol. The maximum Gasteiger partial charge on any atom is 0.345 e. The van der Waals surface area contributed by atoms with E-state index in [4.69, 9.17) is 0 Å². The number of nitro groups is 1. The molecule has 18 heavy (non-hydrogen) atoms. The molecule has 0 heterocycles. The molecule has 0 fully saturated rings. The lowest BCUT2D eigenvalue weighted by atomic mass is 9.85. The van der Waals surface area contributed by atoms with E-state index in [1.165, 1.54) is 12.1 Å². The van der Waals surface area contributed by atoms with E-state index in [1.54, 1.807) is 0 Å². The molecule has 0 saturated heterocycles. The van der Waals surface area contributed by atoms with Crippen molar-refractivity contribution in [1.29, 1.82) is 0 Å². The predicted octanol–water partition coefficient (Wildman–Crippen LogP) is 2.38. The molecule has 0 saturated carbocycles. The van der Waals surface area contributed by atoms with Crippen molar-refractivity contribution in [3.63, 3.8) is 0 Å². The number of hydrogen-bond acceptors (Lipinski definition) is 5. The van der Waals surface area contributed by atoms with E-state index < -0.39 is 27.7 Å². The van der Waals surface area contributed by atoms with Crippen LogP contribution in [0.5, 0.6) is 5.75 Å². The smallest absolute Gasteiger partial charge is 0.345 e. The molecule has 6 heteroatoms. The maximum absolute atomic E-state index is 11.4.